The summed E-state index contributed by atoms with van der Waals surface area (Å²) in [6, 6.07) is 6.30. The second-order valence-electron chi connectivity index (χ2n) is 5.17. The zero-order chi connectivity index (χ0) is 13.8. The molecule has 2 unspecified atom stereocenters. The highest BCUT2D eigenvalue weighted by atomic mass is 16.5. The normalized spacial score (nSPS) is 21.4. The Kier molecular flexibility index (Phi) is 4.66. The SMILES string of the molecule is COc1ccc(OC)c(C(C)N2CCC(CN)C2)c1. The van der Waals surface area contributed by atoms with Gasteiger partial charge in [-0.15, -0.1) is 0 Å². The van der Waals surface area contributed by atoms with E-state index in [1.807, 2.05) is 12.1 Å². The van der Waals surface area contributed by atoms with Gasteiger partial charge in [-0.3, -0.25) is 4.90 Å². The summed E-state index contributed by atoms with van der Waals surface area (Å²) < 4.78 is 10.8. The quantitative estimate of drug-likeness (QED) is 0.884. The third kappa shape index (κ3) is 3.01. The first kappa shape index (κ1) is 14.2. The van der Waals surface area contributed by atoms with Gasteiger partial charge in [-0.1, -0.05) is 0 Å². The van der Waals surface area contributed by atoms with Gasteiger partial charge in [0.1, 0.15) is 11.5 Å². The van der Waals surface area contributed by atoms with E-state index in [-0.39, 0.29) is 0 Å². The van der Waals surface area contributed by atoms with E-state index in [1.54, 1.807) is 14.2 Å². The summed E-state index contributed by atoms with van der Waals surface area (Å²) in [7, 11) is 3.40. The topological polar surface area (TPSA) is 47.7 Å². The summed E-state index contributed by atoms with van der Waals surface area (Å²) >= 11 is 0. The van der Waals surface area contributed by atoms with E-state index in [9.17, 15) is 0 Å². The fraction of sp³-hybridized carbons (Fsp3) is 0.600. The van der Waals surface area contributed by atoms with Gasteiger partial charge in [0.05, 0.1) is 14.2 Å². The van der Waals surface area contributed by atoms with Crippen LogP contribution in [0.5, 0.6) is 11.5 Å². The number of nitrogens with zero attached hydrogens (tertiary/aromatic N) is 1. The number of likely N-dealkylation sites (tertiary alicyclic amines) is 1. The van der Waals surface area contributed by atoms with E-state index < -0.39 is 0 Å². The van der Waals surface area contributed by atoms with Gasteiger partial charge >= 0.3 is 0 Å². The first-order valence-corrected chi connectivity index (χ1v) is 6.85. The Bertz CT molecular complexity index is 423. The van der Waals surface area contributed by atoms with Gasteiger partial charge in [-0.25, -0.2) is 0 Å². The van der Waals surface area contributed by atoms with Gasteiger partial charge in [-0.05, 0) is 50.6 Å². The fourth-order valence-electron chi connectivity index (χ4n) is 2.77. The largest absolute Gasteiger partial charge is 0.497 e. The second-order valence-corrected chi connectivity index (χ2v) is 5.17. The number of rotatable bonds is 5. The maximum atomic E-state index is 5.77. The molecule has 0 aliphatic carbocycles. The van der Waals surface area contributed by atoms with E-state index >= 15 is 0 Å². The maximum absolute atomic E-state index is 5.77. The molecule has 1 heterocycles. The van der Waals surface area contributed by atoms with Crippen LogP contribution in [0.2, 0.25) is 0 Å². The van der Waals surface area contributed by atoms with Gasteiger partial charge in [-0.2, -0.15) is 0 Å². The van der Waals surface area contributed by atoms with Gasteiger partial charge in [0.15, 0.2) is 0 Å². The Morgan fingerprint density at radius 2 is 2.16 bits per heavy atom. The molecule has 1 fully saturated rings. The minimum atomic E-state index is 0.321. The Morgan fingerprint density at radius 3 is 2.74 bits per heavy atom. The monoisotopic (exact) mass is 264 g/mol. The summed E-state index contributed by atoms with van der Waals surface area (Å²) in [6.07, 6.45) is 1.19. The van der Waals surface area contributed by atoms with E-state index in [4.69, 9.17) is 15.2 Å². The van der Waals surface area contributed by atoms with Crippen LogP contribution in [0.4, 0.5) is 0 Å². The number of benzene rings is 1. The van der Waals surface area contributed by atoms with E-state index in [0.29, 0.717) is 12.0 Å². The van der Waals surface area contributed by atoms with Crippen LogP contribution < -0.4 is 15.2 Å². The smallest absolute Gasteiger partial charge is 0.123 e. The zero-order valence-corrected chi connectivity index (χ0v) is 12.1. The summed E-state index contributed by atoms with van der Waals surface area (Å²) in [6.45, 7) is 5.16. The van der Waals surface area contributed by atoms with Gasteiger partial charge in [0, 0.05) is 18.2 Å². The predicted molar refractivity (Wildman–Crippen MR) is 76.7 cm³/mol. The minimum absolute atomic E-state index is 0.321. The average Bonchev–Trinajstić information content (AvgIpc) is 2.94. The molecule has 0 radical (unpaired) electrons. The van der Waals surface area contributed by atoms with Crippen LogP contribution in [0.25, 0.3) is 0 Å². The van der Waals surface area contributed by atoms with Crippen LogP contribution in [-0.2, 0) is 0 Å². The van der Waals surface area contributed by atoms with Gasteiger partial charge in [0.2, 0.25) is 0 Å². The molecule has 0 amide bonds. The van der Waals surface area contributed by atoms with Crippen molar-refractivity contribution in [3.8, 4) is 11.5 Å². The van der Waals surface area contributed by atoms with Crippen LogP contribution in [0, 0.1) is 5.92 Å². The lowest BCUT2D eigenvalue weighted by Crippen LogP contribution is -2.26. The van der Waals surface area contributed by atoms with Crippen molar-refractivity contribution in [3.05, 3.63) is 23.8 Å². The molecule has 2 N–H and O–H groups in total. The molecule has 4 nitrogen and oxygen atoms in total. The number of hydrogen-bond donors (Lipinski definition) is 1. The molecule has 1 saturated heterocycles. The highest BCUT2D eigenvalue weighted by Gasteiger charge is 2.27. The molecule has 1 aromatic carbocycles. The van der Waals surface area contributed by atoms with Crippen molar-refractivity contribution in [3.63, 3.8) is 0 Å². The molecule has 1 aromatic rings. The number of methoxy groups -OCH3 is 2. The Morgan fingerprint density at radius 1 is 1.37 bits per heavy atom. The molecular formula is C15H24N2O2. The van der Waals surface area contributed by atoms with Crippen LogP contribution in [0.3, 0.4) is 0 Å². The standard InChI is InChI=1S/C15H24N2O2/c1-11(17-7-6-12(9-16)10-17)14-8-13(18-2)4-5-15(14)19-3/h4-5,8,11-12H,6-7,9-10,16H2,1-3H3. The highest BCUT2D eigenvalue weighted by molar-refractivity contribution is 5.42. The fourth-order valence-corrected chi connectivity index (χ4v) is 2.77. The van der Waals surface area contributed by atoms with E-state index in [2.05, 4.69) is 17.9 Å². The van der Waals surface area contributed by atoms with Crippen LogP contribution in [-0.4, -0.2) is 38.8 Å². The second kappa shape index (κ2) is 6.26. The molecule has 1 aliphatic rings. The summed E-state index contributed by atoms with van der Waals surface area (Å²) in [5, 5.41) is 0. The molecule has 4 heteroatoms. The average molecular weight is 264 g/mol. The lowest BCUT2D eigenvalue weighted by Gasteiger charge is -2.26. The molecule has 106 valence electrons. The van der Waals surface area contributed by atoms with Crippen molar-refractivity contribution >= 4 is 0 Å². The summed E-state index contributed by atoms with van der Waals surface area (Å²) in [5.74, 6) is 2.42. The van der Waals surface area contributed by atoms with Crippen molar-refractivity contribution in [1.82, 2.24) is 4.90 Å². The van der Waals surface area contributed by atoms with Crippen molar-refractivity contribution in [1.29, 1.82) is 0 Å². The zero-order valence-electron chi connectivity index (χ0n) is 12.1. The van der Waals surface area contributed by atoms with Crippen LogP contribution in [0.1, 0.15) is 24.9 Å². The molecule has 0 spiro atoms. The van der Waals surface area contributed by atoms with Crippen molar-refractivity contribution in [2.45, 2.75) is 19.4 Å². The predicted octanol–water partition coefficient (Wildman–Crippen LogP) is 2.05. The van der Waals surface area contributed by atoms with E-state index in [1.165, 1.54) is 12.0 Å². The molecule has 2 rings (SSSR count). The third-order valence-electron chi connectivity index (χ3n) is 4.09. The maximum Gasteiger partial charge on any atom is 0.123 e. The Balaban J connectivity index is 2.20. The highest BCUT2D eigenvalue weighted by Crippen LogP contribution is 2.34. The van der Waals surface area contributed by atoms with Gasteiger partial charge in [0.25, 0.3) is 0 Å². The minimum Gasteiger partial charge on any atom is -0.497 e. The van der Waals surface area contributed by atoms with Crippen molar-refractivity contribution < 1.29 is 9.47 Å². The first-order chi connectivity index (χ1) is 9.19. The molecule has 0 saturated carbocycles. The van der Waals surface area contributed by atoms with Crippen LogP contribution in [0.15, 0.2) is 18.2 Å². The number of nitrogens with two attached hydrogens (primary N) is 1. The van der Waals surface area contributed by atoms with Gasteiger partial charge < -0.3 is 15.2 Å². The molecule has 2 atom stereocenters. The lowest BCUT2D eigenvalue weighted by molar-refractivity contribution is 0.247. The molecular weight excluding hydrogens is 240 g/mol. The summed E-state index contributed by atoms with van der Waals surface area (Å²) in [4.78, 5) is 2.47. The Labute approximate surface area is 115 Å². The molecule has 1 aliphatic heterocycles. The third-order valence-corrected chi connectivity index (χ3v) is 4.09. The van der Waals surface area contributed by atoms with E-state index in [0.717, 1.165) is 31.1 Å². The first-order valence-electron chi connectivity index (χ1n) is 6.85. The summed E-state index contributed by atoms with van der Waals surface area (Å²) in [5.41, 5.74) is 6.95. The molecule has 0 bridgehead atoms. The number of hydrogen-bond acceptors (Lipinski definition) is 4. The molecule has 19 heavy (non-hydrogen) atoms. The Hall–Kier alpha value is -1.26. The molecule has 0 aromatic heterocycles. The lowest BCUT2D eigenvalue weighted by atomic mass is 10.1. The van der Waals surface area contributed by atoms with Crippen LogP contribution >= 0.6 is 0 Å². The van der Waals surface area contributed by atoms with Crippen molar-refractivity contribution in [2.24, 2.45) is 11.7 Å². The van der Waals surface area contributed by atoms with Crippen molar-refractivity contribution in [2.75, 3.05) is 33.9 Å². The number of ether oxygens (including phenoxy) is 2.